The lowest BCUT2D eigenvalue weighted by Crippen LogP contribution is -2.61. The Labute approximate surface area is 129 Å². The molecule has 1 aromatic rings. The van der Waals surface area contributed by atoms with Crippen LogP contribution in [-0.2, 0) is 4.74 Å². The smallest absolute Gasteiger partial charge is 0.320 e. The van der Waals surface area contributed by atoms with Gasteiger partial charge >= 0.3 is 6.03 Å². The number of rotatable bonds is 2. The molecule has 0 aromatic carbocycles. The molecule has 0 aliphatic carbocycles. The van der Waals surface area contributed by atoms with Gasteiger partial charge in [0.25, 0.3) is 0 Å². The molecule has 0 saturated carbocycles. The summed E-state index contributed by atoms with van der Waals surface area (Å²) in [5.74, 6) is 0.856. The molecular formula is C15H19N5O2. The number of carbonyl (C=O) groups excluding carboxylic acids is 1. The highest BCUT2D eigenvalue weighted by Gasteiger charge is 2.34. The van der Waals surface area contributed by atoms with Crippen molar-refractivity contribution in [2.24, 2.45) is 0 Å². The zero-order chi connectivity index (χ0) is 15.5. The SMILES string of the molecule is COC1CN(C(=O)N2CCN(c3ccc(C#N)cn3)CC2)C1. The van der Waals surface area contributed by atoms with Crippen molar-refractivity contribution in [2.75, 3.05) is 51.3 Å². The number of urea groups is 1. The Morgan fingerprint density at radius 1 is 1.27 bits per heavy atom. The van der Waals surface area contributed by atoms with Crippen molar-refractivity contribution in [2.45, 2.75) is 6.10 Å². The molecule has 3 rings (SSSR count). The van der Waals surface area contributed by atoms with E-state index in [9.17, 15) is 4.79 Å². The Morgan fingerprint density at radius 3 is 2.55 bits per heavy atom. The molecule has 7 heteroatoms. The van der Waals surface area contributed by atoms with Gasteiger partial charge in [0.15, 0.2) is 0 Å². The molecule has 2 amide bonds. The Balaban J connectivity index is 1.52. The molecule has 2 aliphatic heterocycles. The van der Waals surface area contributed by atoms with Gasteiger partial charge in [-0.1, -0.05) is 0 Å². The predicted octanol–water partition coefficient (Wildman–Crippen LogP) is 0.526. The van der Waals surface area contributed by atoms with Crippen molar-refractivity contribution >= 4 is 11.8 Å². The minimum atomic E-state index is 0.0979. The van der Waals surface area contributed by atoms with Crippen LogP contribution >= 0.6 is 0 Å². The predicted molar refractivity (Wildman–Crippen MR) is 80.5 cm³/mol. The van der Waals surface area contributed by atoms with Crippen LogP contribution in [0.5, 0.6) is 0 Å². The molecule has 0 atom stereocenters. The van der Waals surface area contributed by atoms with E-state index in [0.717, 1.165) is 18.9 Å². The van der Waals surface area contributed by atoms with Crippen LogP contribution in [0.2, 0.25) is 0 Å². The van der Waals surface area contributed by atoms with E-state index in [-0.39, 0.29) is 12.1 Å². The summed E-state index contributed by atoms with van der Waals surface area (Å²) in [6.45, 7) is 4.27. The van der Waals surface area contributed by atoms with Crippen molar-refractivity contribution in [1.82, 2.24) is 14.8 Å². The number of amides is 2. The molecule has 0 spiro atoms. The molecule has 116 valence electrons. The molecule has 2 saturated heterocycles. The number of carbonyl (C=O) groups is 1. The fraction of sp³-hybridized carbons (Fsp3) is 0.533. The zero-order valence-corrected chi connectivity index (χ0v) is 12.6. The van der Waals surface area contributed by atoms with Gasteiger partial charge in [-0.2, -0.15) is 5.26 Å². The average Bonchev–Trinajstić information content (AvgIpc) is 2.54. The van der Waals surface area contributed by atoms with Crippen molar-refractivity contribution in [1.29, 1.82) is 5.26 Å². The Bertz CT molecular complexity index is 569. The average molecular weight is 301 g/mol. The van der Waals surface area contributed by atoms with E-state index in [1.165, 1.54) is 0 Å². The Hall–Kier alpha value is -2.33. The molecule has 3 heterocycles. The standard InChI is InChI=1S/C15H19N5O2/c1-22-13-10-20(11-13)15(21)19-6-4-18(5-7-19)14-3-2-12(8-16)9-17-14/h2-3,9,13H,4-7,10-11H2,1H3. The normalized spacial score (nSPS) is 18.8. The van der Waals surface area contributed by atoms with Crippen molar-refractivity contribution in [3.05, 3.63) is 23.9 Å². The minimum absolute atomic E-state index is 0.0979. The zero-order valence-electron chi connectivity index (χ0n) is 12.6. The number of nitrogens with zero attached hydrogens (tertiary/aromatic N) is 5. The molecule has 0 radical (unpaired) electrons. The lowest BCUT2D eigenvalue weighted by atomic mass is 10.2. The van der Waals surface area contributed by atoms with Crippen molar-refractivity contribution in [3.8, 4) is 6.07 Å². The van der Waals surface area contributed by atoms with E-state index < -0.39 is 0 Å². The summed E-state index contributed by atoms with van der Waals surface area (Å²) in [5, 5.41) is 8.79. The highest BCUT2D eigenvalue weighted by molar-refractivity contribution is 5.75. The number of piperazine rings is 1. The highest BCUT2D eigenvalue weighted by Crippen LogP contribution is 2.17. The first-order chi connectivity index (χ1) is 10.7. The molecule has 2 aliphatic rings. The third kappa shape index (κ3) is 2.83. The number of hydrogen-bond donors (Lipinski definition) is 0. The van der Waals surface area contributed by atoms with Gasteiger partial charge in [0.2, 0.25) is 0 Å². The van der Waals surface area contributed by atoms with Gasteiger partial charge in [0, 0.05) is 39.5 Å². The van der Waals surface area contributed by atoms with Crippen LogP contribution < -0.4 is 4.90 Å². The monoisotopic (exact) mass is 301 g/mol. The summed E-state index contributed by atoms with van der Waals surface area (Å²) in [6.07, 6.45) is 1.77. The molecule has 22 heavy (non-hydrogen) atoms. The Kier molecular flexibility index (Phi) is 4.11. The number of pyridine rings is 1. The summed E-state index contributed by atoms with van der Waals surface area (Å²) in [4.78, 5) is 22.4. The first kappa shape index (κ1) is 14.6. The van der Waals surface area contributed by atoms with Crippen LogP contribution in [0.1, 0.15) is 5.56 Å². The number of methoxy groups -OCH3 is 1. The fourth-order valence-electron chi connectivity index (χ4n) is 2.71. The molecule has 2 fully saturated rings. The maximum atomic E-state index is 12.3. The van der Waals surface area contributed by atoms with Gasteiger partial charge in [-0.15, -0.1) is 0 Å². The van der Waals surface area contributed by atoms with Crippen LogP contribution in [0.25, 0.3) is 0 Å². The first-order valence-corrected chi connectivity index (χ1v) is 7.39. The number of hydrogen-bond acceptors (Lipinski definition) is 5. The molecular weight excluding hydrogens is 282 g/mol. The largest absolute Gasteiger partial charge is 0.378 e. The first-order valence-electron chi connectivity index (χ1n) is 7.39. The molecule has 0 unspecified atom stereocenters. The molecule has 0 N–H and O–H groups in total. The lowest BCUT2D eigenvalue weighted by Gasteiger charge is -2.43. The number of nitriles is 1. The summed E-state index contributed by atoms with van der Waals surface area (Å²) < 4.78 is 5.20. The van der Waals surface area contributed by atoms with E-state index in [2.05, 4.69) is 16.0 Å². The number of aromatic nitrogens is 1. The molecule has 1 aromatic heterocycles. The maximum absolute atomic E-state index is 12.3. The third-order valence-electron chi connectivity index (χ3n) is 4.20. The van der Waals surface area contributed by atoms with Gasteiger partial charge in [0.1, 0.15) is 11.9 Å². The summed E-state index contributed by atoms with van der Waals surface area (Å²) >= 11 is 0. The number of likely N-dealkylation sites (tertiary alicyclic amines) is 1. The summed E-state index contributed by atoms with van der Waals surface area (Å²) in [5.41, 5.74) is 0.558. The minimum Gasteiger partial charge on any atom is -0.378 e. The van der Waals surface area contributed by atoms with Crippen molar-refractivity contribution in [3.63, 3.8) is 0 Å². The quantitative estimate of drug-likeness (QED) is 0.796. The van der Waals surface area contributed by atoms with Gasteiger partial charge in [-0.05, 0) is 12.1 Å². The second-order valence-corrected chi connectivity index (χ2v) is 5.54. The van der Waals surface area contributed by atoms with Crippen LogP contribution in [0, 0.1) is 11.3 Å². The van der Waals surface area contributed by atoms with Gasteiger partial charge < -0.3 is 19.4 Å². The van der Waals surface area contributed by atoms with Gasteiger partial charge in [-0.25, -0.2) is 9.78 Å². The molecule has 7 nitrogen and oxygen atoms in total. The lowest BCUT2D eigenvalue weighted by molar-refractivity contribution is -0.0158. The van der Waals surface area contributed by atoms with Crippen LogP contribution in [0.4, 0.5) is 10.6 Å². The number of ether oxygens (including phenoxy) is 1. The van der Waals surface area contributed by atoms with E-state index in [1.54, 1.807) is 19.4 Å². The van der Waals surface area contributed by atoms with E-state index in [1.807, 2.05) is 15.9 Å². The van der Waals surface area contributed by atoms with Crippen molar-refractivity contribution < 1.29 is 9.53 Å². The third-order valence-corrected chi connectivity index (χ3v) is 4.20. The number of anilines is 1. The van der Waals surface area contributed by atoms with E-state index in [4.69, 9.17) is 10.00 Å². The molecule has 0 bridgehead atoms. The summed E-state index contributed by atoms with van der Waals surface area (Å²) in [7, 11) is 1.68. The van der Waals surface area contributed by atoms with Gasteiger partial charge in [0.05, 0.1) is 24.8 Å². The van der Waals surface area contributed by atoms with E-state index in [0.29, 0.717) is 31.7 Å². The second kappa shape index (κ2) is 6.20. The van der Waals surface area contributed by atoms with Crippen LogP contribution in [0.15, 0.2) is 18.3 Å². The van der Waals surface area contributed by atoms with Crippen LogP contribution in [0.3, 0.4) is 0 Å². The van der Waals surface area contributed by atoms with Gasteiger partial charge in [-0.3, -0.25) is 0 Å². The Morgan fingerprint density at radius 2 is 2.00 bits per heavy atom. The summed E-state index contributed by atoms with van der Waals surface area (Å²) in [6, 6.07) is 5.79. The highest BCUT2D eigenvalue weighted by atomic mass is 16.5. The fourth-order valence-corrected chi connectivity index (χ4v) is 2.71. The van der Waals surface area contributed by atoms with Crippen LogP contribution in [-0.4, -0.2) is 73.3 Å². The topological polar surface area (TPSA) is 72.7 Å². The second-order valence-electron chi connectivity index (χ2n) is 5.54. The van der Waals surface area contributed by atoms with E-state index >= 15 is 0 Å². The maximum Gasteiger partial charge on any atom is 0.320 e.